The highest BCUT2D eigenvalue weighted by Crippen LogP contribution is 2.37. The minimum Gasteiger partial charge on any atom is -0.493 e. The van der Waals surface area contributed by atoms with E-state index in [-0.39, 0.29) is 0 Å². The van der Waals surface area contributed by atoms with Crippen molar-refractivity contribution in [2.24, 2.45) is 0 Å². The van der Waals surface area contributed by atoms with E-state index < -0.39 is 0 Å². The van der Waals surface area contributed by atoms with E-state index >= 15 is 0 Å². The van der Waals surface area contributed by atoms with E-state index in [1.54, 1.807) is 30.2 Å². The van der Waals surface area contributed by atoms with Gasteiger partial charge in [0.2, 0.25) is 5.16 Å². The minimum atomic E-state index is 0.481. The number of nitrogens with zero attached hydrogens (tertiary/aromatic N) is 5. The van der Waals surface area contributed by atoms with Gasteiger partial charge in [-0.2, -0.15) is 0 Å². The second kappa shape index (κ2) is 7.63. The van der Waals surface area contributed by atoms with E-state index in [4.69, 9.17) is 14.5 Å². The van der Waals surface area contributed by atoms with Crippen molar-refractivity contribution in [1.29, 1.82) is 0 Å². The molecule has 2 heterocycles. The number of methoxy groups -OCH3 is 1. The number of thioether (sulfide) groups is 1. The summed E-state index contributed by atoms with van der Waals surface area (Å²) in [4.78, 5) is 4.74. The minimum absolute atomic E-state index is 0.481. The SMILES string of the molecule is CCOc1ccc(-c2nc(CSc3nnnn3C3CC3)cs2)cc1OC. The second-order valence-electron chi connectivity index (χ2n) is 5.87. The lowest BCUT2D eigenvalue weighted by Crippen LogP contribution is -1.98. The van der Waals surface area contributed by atoms with Crippen molar-refractivity contribution < 1.29 is 9.47 Å². The van der Waals surface area contributed by atoms with Crippen LogP contribution in [0.2, 0.25) is 0 Å². The predicted molar refractivity (Wildman–Crippen MR) is 101 cm³/mol. The van der Waals surface area contributed by atoms with Crippen LogP contribution in [0.5, 0.6) is 11.5 Å². The van der Waals surface area contributed by atoms with Crippen molar-refractivity contribution in [3.8, 4) is 22.1 Å². The first-order chi connectivity index (χ1) is 12.8. The van der Waals surface area contributed by atoms with E-state index in [9.17, 15) is 0 Å². The highest BCUT2D eigenvalue weighted by Gasteiger charge is 2.27. The van der Waals surface area contributed by atoms with Crippen LogP contribution in [-0.2, 0) is 5.75 Å². The summed E-state index contributed by atoms with van der Waals surface area (Å²) >= 11 is 3.25. The molecule has 0 spiro atoms. The Kier molecular flexibility index (Phi) is 5.07. The van der Waals surface area contributed by atoms with Gasteiger partial charge in [0.1, 0.15) is 5.01 Å². The van der Waals surface area contributed by atoms with Gasteiger partial charge < -0.3 is 9.47 Å². The van der Waals surface area contributed by atoms with Crippen molar-refractivity contribution in [1.82, 2.24) is 25.2 Å². The molecular weight excluding hydrogens is 370 g/mol. The lowest BCUT2D eigenvalue weighted by atomic mass is 10.2. The van der Waals surface area contributed by atoms with Gasteiger partial charge in [-0.1, -0.05) is 11.8 Å². The summed E-state index contributed by atoms with van der Waals surface area (Å²) in [7, 11) is 1.65. The Morgan fingerprint density at radius 3 is 2.96 bits per heavy atom. The first-order valence-electron chi connectivity index (χ1n) is 8.44. The Bertz CT molecular complexity index is 891. The molecule has 9 heteroatoms. The Labute approximate surface area is 159 Å². The third kappa shape index (κ3) is 3.68. The predicted octanol–water partition coefficient (Wildman–Crippen LogP) is 3.83. The topological polar surface area (TPSA) is 75.0 Å². The van der Waals surface area contributed by atoms with Crippen LogP contribution < -0.4 is 9.47 Å². The first-order valence-corrected chi connectivity index (χ1v) is 10.3. The average Bonchev–Trinajstić information content (AvgIpc) is 3.21. The highest BCUT2D eigenvalue weighted by molar-refractivity contribution is 7.98. The Balaban J connectivity index is 1.46. The summed E-state index contributed by atoms with van der Waals surface area (Å²) < 4.78 is 12.9. The fourth-order valence-electron chi connectivity index (χ4n) is 2.55. The molecule has 1 aliphatic rings. The number of ether oxygens (including phenoxy) is 2. The molecule has 0 aliphatic heterocycles. The van der Waals surface area contributed by atoms with Crippen molar-refractivity contribution in [2.75, 3.05) is 13.7 Å². The summed E-state index contributed by atoms with van der Waals surface area (Å²) in [5.74, 6) is 2.22. The van der Waals surface area contributed by atoms with E-state index in [0.29, 0.717) is 12.6 Å². The van der Waals surface area contributed by atoms with Crippen LogP contribution in [0.15, 0.2) is 28.7 Å². The number of aromatic nitrogens is 5. The molecule has 0 N–H and O–H groups in total. The number of hydrogen-bond donors (Lipinski definition) is 0. The van der Waals surface area contributed by atoms with Gasteiger partial charge >= 0.3 is 0 Å². The smallest absolute Gasteiger partial charge is 0.209 e. The monoisotopic (exact) mass is 389 g/mol. The first kappa shape index (κ1) is 17.3. The maximum atomic E-state index is 5.57. The fourth-order valence-corrected chi connectivity index (χ4v) is 4.31. The van der Waals surface area contributed by atoms with Gasteiger partial charge in [0, 0.05) is 16.7 Å². The summed E-state index contributed by atoms with van der Waals surface area (Å²) in [5, 5.41) is 15.9. The van der Waals surface area contributed by atoms with Gasteiger partial charge in [-0.3, -0.25) is 0 Å². The van der Waals surface area contributed by atoms with E-state index in [1.165, 1.54) is 12.8 Å². The number of hydrogen-bond acceptors (Lipinski definition) is 8. The molecule has 7 nitrogen and oxygen atoms in total. The second-order valence-corrected chi connectivity index (χ2v) is 7.67. The van der Waals surface area contributed by atoms with Crippen LogP contribution in [0.3, 0.4) is 0 Å². The molecule has 0 unspecified atom stereocenters. The molecule has 136 valence electrons. The van der Waals surface area contributed by atoms with Gasteiger partial charge in [0.15, 0.2) is 11.5 Å². The standard InChI is InChI=1S/C17H19N5O2S2/c1-3-24-14-7-4-11(8-15(14)23-2)16-18-12(9-25-16)10-26-17-19-20-21-22(17)13-5-6-13/h4,7-9,13H,3,5-6,10H2,1-2H3. The lowest BCUT2D eigenvalue weighted by molar-refractivity contribution is 0.311. The summed E-state index contributed by atoms with van der Waals surface area (Å²) in [6.45, 7) is 2.56. The zero-order chi connectivity index (χ0) is 17.9. The highest BCUT2D eigenvalue weighted by atomic mass is 32.2. The van der Waals surface area contributed by atoms with Crippen LogP contribution in [0.4, 0.5) is 0 Å². The van der Waals surface area contributed by atoms with Crippen LogP contribution >= 0.6 is 23.1 Å². The Hall–Kier alpha value is -2.13. The third-order valence-corrected chi connectivity index (χ3v) is 5.87. The molecule has 1 aromatic carbocycles. The van der Waals surface area contributed by atoms with E-state index in [0.717, 1.165) is 38.7 Å². The van der Waals surface area contributed by atoms with Gasteiger partial charge in [-0.15, -0.1) is 16.4 Å². The molecule has 0 radical (unpaired) electrons. The lowest BCUT2D eigenvalue weighted by Gasteiger charge is -2.09. The van der Waals surface area contributed by atoms with E-state index in [1.807, 2.05) is 29.8 Å². The normalized spacial score (nSPS) is 13.8. The van der Waals surface area contributed by atoms with Crippen molar-refractivity contribution in [3.63, 3.8) is 0 Å². The zero-order valence-corrected chi connectivity index (χ0v) is 16.2. The maximum Gasteiger partial charge on any atom is 0.209 e. The molecule has 1 fully saturated rings. The molecule has 0 atom stereocenters. The molecular formula is C17H19N5O2S2. The Morgan fingerprint density at radius 2 is 2.19 bits per heavy atom. The molecule has 26 heavy (non-hydrogen) atoms. The van der Waals surface area contributed by atoms with Crippen molar-refractivity contribution >= 4 is 23.1 Å². The average molecular weight is 390 g/mol. The van der Waals surface area contributed by atoms with Gasteiger partial charge in [-0.05, 0) is 48.4 Å². The molecule has 2 aromatic heterocycles. The quantitative estimate of drug-likeness (QED) is 0.542. The number of rotatable bonds is 8. The molecule has 4 rings (SSSR count). The van der Waals surface area contributed by atoms with Crippen LogP contribution in [0.25, 0.3) is 10.6 Å². The fraction of sp³-hybridized carbons (Fsp3) is 0.412. The van der Waals surface area contributed by atoms with Crippen LogP contribution in [-0.4, -0.2) is 38.9 Å². The summed E-state index contributed by atoms with van der Waals surface area (Å²) in [6.07, 6.45) is 2.33. The Morgan fingerprint density at radius 1 is 1.31 bits per heavy atom. The van der Waals surface area contributed by atoms with Crippen molar-refractivity contribution in [3.05, 3.63) is 29.3 Å². The molecule has 0 amide bonds. The zero-order valence-electron chi connectivity index (χ0n) is 14.6. The maximum absolute atomic E-state index is 5.57. The molecule has 0 saturated heterocycles. The number of tetrazole rings is 1. The molecule has 1 saturated carbocycles. The van der Waals surface area contributed by atoms with E-state index in [2.05, 4.69) is 20.9 Å². The van der Waals surface area contributed by atoms with Gasteiger partial charge in [0.05, 0.1) is 25.5 Å². The number of thiazole rings is 1. The summed E-state index contributed by atoms with van der Waals surface area (Å²) in [5.41, 5.74) is 2.04. The van der Waals surface area contributed by atoms with Crippen LogP contribution in [0.1, 0.15) is 31.5 Å². The van der Waals surface area contributed by atoms with Crippen LogP contribution in [0, 0.1) is 0 Å². The number of benzene rings is 1. The molecule has 3 aromatic rings. The molecule has 1 aliphatic carbocycles. The molecule has 0 bridgehead atoms. The van der Waals surface area contributed by atoms with Crippen molar-refractivity contribution in [2.45, 2.75) is 36.7 Å². The third-order valence-electron chi connectivity index (χ3n) is 3.97. The van der Waals surface area contributed by atoms with Gasteiger partial charge in [-0.25, -0.2) is 9.67 Å². The van der Waals surface area contributed by atoms with Gasteiger partial charge in [0.25, 0.3) is 0 Å². The summed E-state index contributed by atoms with van der Waals surface area (Å²) in [6, 6.07) is 6.39. The largest absolute Gasteiger partial charge is 0.493 e.